The molecule has 2 aromatic rings. The smallest absolute Gasteiger partial charge is 0.191 e. The monoisotopic (exact) mass is 527 g/mol. The molecule has 0 saturated carbocycles. The summed E-state index contributed by atoms with van der Waals surface area (Å²) in [4.78, 5) is 11.6. The van der Waals surface area contributed by atoms with Gasteiger partial charge in [0.15, 0.2) is 5.96 Å². The van der Waals surface area contributed by atoms with Crippen molar-refractivity contribution in [1.82, 2.24) is 20.5 Å². The average molecular weight is 528 g/mol. The van der Waals surface area contributed by atoms with Gasteiger partial charge in [0, 0.05) is 38.1 Å². The SMILES string of the molecule is CN=C(NCc1nc(C(C)C)cs1)NCC1CC(C)N(Cc2ccccc2)C1.I. The third kappa shape index (κ3) is 7.22. The minimum Gasteiger partial charge on any atom is -0.356 e. The van der Waals surface area contributed by atoms with E-state index in [2.05, 4.69) is 82.0 Å². The lowest BCUT2D eigenvalue weighted by Crippen LogP contribution is -2.39. The van der Waals surface area contributed by atoms with Crippen LogP contribution < -0.4 is 10.6 Å². The molecule has 1 saturated heterocycles. The molecule has 1 aliphatic heterocycles. The zero-order valence-electron chi connectivity index (χ0n) is 17.9. The van der Waals surface area contributed by atoms with E-state index in [-0.39, 0.29) is 24.0 Å². The zero-order valence-corrected chi connectivity index (χ0v) is 21.0. The number of aliphatic imine (C=N–C) groups is 1. The van der Waals surface area contributed by atoms with E-state index in [0.717, 1.165) is 37.1 Å². The number of halogens is 1. The highest BCUT2D eigenvalue weighted by molar-refractivity contribution is 14.0. The predicted molar refractivity (Wildman–Crippen MR) is 134 cm³/mol. The van der Waals surface area contributed by atoms with Crippen LogP contribution in [0, 0.1) is 5.92 Å². The van der Waals surface area contributed by atoms with Crippen LogP contribution in [0.3, 0.4) is 0 Å². The summed E-state index contributed by atoms with van der Waals surface area (Å²) < 4.78 is 0. The molecule has 0 radical (unpaired) electrons. The highest BCUT2D eigenvalue weighted by atomic mass is 127. The fourth-order valence-corrected chi connectivity index (χ4v) is 4.59. The maximum atomic E-state index is 4.68. The molecule has 0 aliphatic carbocycles. The van der Waals surface area contributed by atoms with E-state index in [0.29, 0.717) is 17.9 Å². The molecule has 2 heterocycles. The number of rotatable bonds is 7. The third-order valence-corrected chi connectivity index (χ3v) is 6.24. The molecular formula is C22H34IN5S. The number of aromatic nitrogens is 1. The van der Waals surface area contributed by atoms with E-state index in [4.69, 9.17) is 0 Å². The van der Waals surface area contributed by atoms with Crippen molar-refractivity contribution >= 4 is 41.3 Å². The van der Waals surface area contributed by atoms with Crippen LogP contribution in [-0.4, -0.2) is 42.0 Å². The van der Waals surface area contributed by atoms with Crippen LogP contribution in [0.25, 0.3) is 0 Å². The van der Waals surface area contributed by atoms with E-state index in [1.54, 1.807) is 11.3 Å². The molecule has 2 unspecified atom stereocenters. The van der Waals surface area contributed by atoms with E-state index in [1.165, 1.54) is 17.7 Å². The van der Waals surface area contributed by atoms with Gasteiger partial charge < -0.3 is 10.6 Å². The first-order valence-electron chi connectivity index (χ1n) is 10.2. The normalized spacial score (nSPS) is 20.0. The van der Waals surface area contributed by atoms with Crippen LogP contribution >= 0.6 is 35.3 Å². The number of nitrogens with zero attached hydrogens (tertiary/aromatic N) is 3. The highest BCUT2D eigenvalue weighted by Crippen LogP contribution is 2.24. The second kappa shape index (κ2) is 11.9. The van der Waals surface area contributed by atoms with Gasteiger partial charge in [0.05, 0.1) is 12.2 Å². The number of thiazole rings is 1. The number of likely N-dealkylation sites (tertiary alicyclic amines) is 1. The summed E-state index contributed by atoms with van der Waals surface area (Å²) in [5.41, 5.74) is 2.56. The Morgan fingerprint density at radius 3 is 2.69 bits per heavy atom. The maximum Gasteiger partial charge on any atom is 0.191 e. The van der Waals surface area contributed by atoms with E-state index >= 15 is 0 Å². The quantitative estimate of drug-likeness (QED) is 0.317. The lowest BCUT2D eigenvalue weighted by molar-refractivity contribution is 0.255. The van der Waals surface area contributed by atoms with Crippen LogP contribution in [0.4, 0.5) is 0 Å². The zero-order chi connectivity index (χ0) is 19.9. The van der Waals surface area contributed by atoms with Crippen LogP contribution in [0.2, 0.25) is 0 Å². The van der Waals surface area contributed by atoms with Gasteiger partial charge in [-0.05, 0) is 30.7 Å². The third-order valence-electron chi connectivity index (χ3n) is 5.37. The molecule has 1 aromatic heterocycles. The van der Waals surface area contributed by atoms with Gasteiger partial charge in [-0.25, -0.2) is 4.98 Å². The highest BCUT2D eigenvalue weighted by Gasteiger charge is 2.28. The first kappa shape index (κ1) is 24.1. The molecule has 2 atom stereocenters. The number of nitrogens with one attached hydrogen (secondary N) is 2. The summed E-state index contributed by atoms with van der Waals surface area (Å²) in [6.07, 6.45) is 1.22. The average Bonchev–Trinajstić information content (AvgIpc) is 3.30. The first-order chi connectivity index (χ1) is 13.5. The van der Waals surface area contributed by atoms with Crippen molar-refractivity contribution in [3.63, 3.8) is 0 Å². The number of guanidine groups is 1. The Hall–Kier alpha value is -1.19. The van der Waals surface area contributed by atoms with E-state index in [1.807, 2.05) is 7.05 Å². The molecule has 160 valence electrons. The van der Waals surface area contributed by atoms with Gasteiger partial charge in [0.2, 0.25) is 0 Å². The van der Waals surface area contributed by atoms with Gasteiger partial charge in [-0.3, -0.25) is 9.89 Å². The molecule has 0 spiro atoms. The molecule has 3 rings (SSSR count). The van der Waals surface area contributed by atoms with E-state index < -0.39 is 0 Å². The fourth-order valence-electron chi connectivity index (χ4n) is 3.70. The molecule has 7 heteroatoms. The number of hydrogen-bond donors (Lipinski definition) is 2. The van der Waals surface area contributed by atoms with Crippen molar-refractivity contribution in [3.05, 3.63) is 52.0 Å². The van der Waals surface area contributed by atoms with Crippen molar-refractivity contribution in [2.45, 2.75) is 52.2 Å². The topological polar surface area (TPSA) is 52.6 Å². The molecule has 0 bridgehead atoms. The molecule has 1 fully saturated rings. The van der Waals surface area contributed by atoms with Gasteiger partial charge >= 0.3 is 0 Å². The molecule has 5 nitrogen and oxygen atoms in total. The Balaban J connectivity index is 0.00000300. The minimum atomic E-state index is 0. The van der Waals surface area contributed by atoms with Crippen molar-refractivity contribution < 1.29 is 0 Å². The molecule has 29 heavy (non-hydrogen) atoms. The fraction of sp³-hybridized carbons (Fsp3) is 0.545. The summed E-state index contributed by atoms with van der Waals surface area (Å²) in [6, 6.07) is 11.4. The Kier molecular flexibility index (Phi) is 9.85. The summed E-state index contributed by atoms with van der Waals surface area (Å²) in [5, 5.41) is 10.2. The second-order valence-electron chi connectivity index (χ2n) is 7.99. The Morgan fingerprint density at radius 2 is 2.03 bits per heavy atom. The largest absolute Gasteiger partial charge is 0.356 e. The first-order valence-corrected chi connectivity index (χ1v) is 11.1. The number of benzene rings is 1. The Bertz CT molecular complexity index is 762. The van der Waals surface area contributed by atoms with Crippen LogP contribution in [0.1, 0.15) is 49.4 Å². The van der Waals surface area contributed by atoms with Crippen LogP contribution in [0.15, 0.2) is 40.7 Å². The molecule has 0 amide bonds. The van der Waals surface area contributed by atoms with Crippen molar-refractivity contribution in [1.29, 1.82) is 0 Å². The van der Waals surface area contributed by atoms with Gasteiger partial charge in [0.25, 0.3) is 0 Å². The van der Waals surface area contributed by atoms with E-state index in [9.17, 15) is 0 Å². The summed E-state index contributed by atoms with van der Waals surface area (Å²) in [7, 11) is 1.83. The summed E-state index contributed by atoms with van der Waals surface area (Å²) in [5.74, 6) is 1.98. The maximum absolute atomic E-state index is 4.68. The predicted octanol–water partition coefficient (Wildman–Crippen LogP) is 4.46. The van der Waals surface area contributed by atoms with Gasteiger partial charge in [0.1, 0.15) is 5.01 Å². The van der Waals surface area contributed by atoms with Crippen molar-refractivity contribution in [2.24, 2.45) is 10.9 Å². The lowest BCUT2D eigenvalue weighted by atomic mass is 10.1. The minimum absolute atomic E-state index is 0. The molecule has 2 N–H and O–H groups in total. The molecular weight excluding hydrogens is 493 g/mol. The summed E-state index contributed by atoms with van der Waals surface area (Å²) >= 11 is 1.71. The molecule has 1 aliphatic rings. The second-order valence-corrected chi connectivity index (χ2v) is 8.94. The molecule has 1 aromatic carbocycles. The van der Waals surface area contributed by atoms with Crippen molar-refractivity contribution in [3.8, 4) is 0 Å². The Morgan fingerprint density at radius 1 is 1.28 bits per heavy atom. The van der Waals surface area contributed by atoms with Gasteiger partial charge in [-0.15, -0.1) is 35.3 Å². The standard InChI is InChI=1S/C22H33N5S.HI/c1-16(2)20-15-28-21(26-20)12-25-22(23-4)24-11-19-10-17(3)27(14-19)13-18-8-6-5-7-9-18;/h5-9,15-17,19H,10-14H2,1-4H3,(H2,23,24,25);1H. The van der Waals surface area contributed by atoms with Crippen LogP contribution in [0.5, 0.6) is 0 Å². The number of hydrogen-bond acceptors (Lipinski definition) is 4. The van der Waals surface area contributed by atoms with Crippen LogP contribution in [-0.2, 0) is 13.1 Å². The van der Waals surface area contributed by atoms with Gasteiger partial charge in [-0.1, -0.05) is 44.2 Å². The Labute approximate surface area is 196 Å². The van der Waals surface area contributed by atoms with Crippen molar-refractivity contribution in [2.75, 3.05) is 20.1 Å². The summed E-state index contributed by atoms with van der Waals surface area (Å²) in [6.45, 7) is 10.5. The van der Waals surface area contributed by atoms with Gasteiger partial charge in [-0.2, -0.15) is 0 Å². The lowest BCUT2D eigenvalue weighted by Gasteiger charge is -2.21.